The van der Waals surface area contributed by atoms with Gasteiger partial charge in [-0.1, -0.05) is 11.6 Å². The Morgan fingerprint density at radius 3 is 2.43 bits per heavy atom. The summed E-state index contributed by atoms with van der Waals surface area (Å²) in [5.74, 6) is 2.01. The van der Waals surface area contributed by atoms with Gasteiger partial charge in [0.05, 0.1) is 6.54 Å². The van der Waals surface area contributed by atoms with E-state index in [1.54, 1.807) is 0 Å². The van der Waals surface area contributed by atoms with Gasteiger partial charge < -0.3 is 9.30 Å². The first-order valence-electron chi connectivity index (χ1n) is 8.00. The number of aryl methyl sites for hydroxylation is 1. The molecule has 6 heteroatoms. The van der Waals surface area contributed by atoms with Crippen molar-refractivity contribution in [1.29, 1.82) is 0 Å². The van der Waals surface area contributed by atoms with Crippen LogP contribution in [0.15, 0.2) is 36.7 Å². The molecule has 1 fully saturated rings. The number of nitrogens with zero attached hydrogens (tertiary/aromatic N) is 4. The van der Waals surface area contributed by atoms with E-state index in [9.17, 15) is 0 Å². The molecule has 0 bridgehead atoms. The summed E-state index contributed by atoms with van der Waals surface area (Å²) in [6.45, 7) is 6.91. The van der Waals surface area contributed by atoms with Crippen LogP contribution < -0.4 is 4.74 Å². The molecule has 1 aliphatic rings. The second-order valence-corrected chi connectivity index (χ2v) is 6.31. The second-order valence-electron chi connectivity index (χ2n) is 5.87. The number of hydrogen-bond donors (Lipinski definition) is 0. The number of aromatic nitrogens is 2. The van der Waals surface area contributed by atoms with E-state index in [2.05, 4.69) is 19.4 Å². The average Bonchev–Trinajstić information content (AvgIpc) is 2.96. The Hall–Kier alpha value is -1.56. The summed E-state index contributed by atoms with van der Waals surface area (Å²) in [4.78, 5) is 9.30. The molecule has 0 atom stereocenters. The van der Waals surface area contributed by atoms with Gasteiger partial charge in [-0.2, -0.15) is 0 Å². The molecule has 1 aliphatic heterocycles. The van der Waals surface area contributed by atoms with Crippen LogP contribution in [0.3, 0.4) is 0 Å². The van der Waals surface area contributed by atoms with Crippen molar-refractivity contribution >= 4 is 11.6 Å². The quantitative estimate of drug-likeness (QED) is 0.811. The average molecular weight is 335 g/mol. The van der Waals surface area contributed by atoms with Gasteiger partial charge in [-0.3, -0.25) is 9.80 Å². The number of imidazole rings is 1. The van der Waals surface area contributed by atoms with E-state index < -0.39 is 0 Å². The Bertz CT molecular complexity index is 605. The first-order chi connectivity index (χ1) is 11.2. The zero-order chi connectivity index (χ0) is 16.1. The molecule has 2 aromatic rings. The molecule has 1 aromatic carbocycles. The van der Waals surface area contributed by atoms with Crippen molar-refractivity contribution in [1.82, 2.24) is 19.4 Å². The van der Waals surface area contributed by atoms with Crippen molar-refractivity contribution in [2.24, 2.45) is 7.05 Å². The Labute approximate surface area is 142 Å². The molecule has 0 unspecified atom stereocenters. The normalized spacial score (nSPS) is 16.6. The van der Waals surface area contributed by atoms with Gasteiger partial charge in [0.2, 0.25) is 0 Å². The van der Waals surface area contributed by atoms with E-state index in [1.807, 2.05) is 43.7 Å². The van der Waals surface area contributed by atoms with E-state index in [4.69, 9.17) is 16.3 Å². The minimum atomic E-state index is 0.709. The lowest BCUT2D eigenvalue weighted by Gasteiger charge is -2.34. The molecule has 0 amide bonds. The third-order valence-electron chi connectivity index (χ3n) is 4.24. The highest BCUT2D eigenvalue weighted by atomic mass is 35.5. The molecule has 23 heavy (non-hydrogen) atoms. The van der Waals surface area contributed by atoms with Crippen LogP contribution in [0.1, 0.15) is 5.82 Å². The van der Waals surface area contributed by atoms with Gasteiger partial charge in [0.1, 0.15) is 18.2 Å². The van der Waals surface area contributed by atoms with Gasteiger partial charge in [-0.15, -0.1) is 0 Å². The highest BCUT2D eigenvalue weighted by Gasteiger charge is 2.17. The highest BCUT2D eigenvalue weighted by Crippen LogP contribution is 2.15. The van der Waals surface area contributed by atoms with Gasteiger partial charge >= 0.3 is 0 Å². The Balaban J connectivity index is 1.36. The van der Waals surface area contributed by atoms with Crippen LogP contribution in [0.25, 0.3) is 0 Å². The maximum Gasteiger partial charge on any atom is 0.122 e. The SMILES string of the molecule is Cn1ccnc1CN1CCN(CCOc2ccc(Cl)cc2)CC1. The molecule has 3 rings (SSSR count). The molecule has 0 N–H and O–H groups in total. The third kappa shape index (κ3) is 4.70. The van der Waals surface area contributed by atoms with Crippen LogP contribution in [0.5, 0.6) is 5.75 Å². The number of hydrogen-bond acceptors (Lipinski definition) is 4. The summed E-state index contributed by atoms with van der Waals surface area (Å²) >= 11 is 5.87. The Morgan fingerprint density at radius 1 is 1.09 bits per heavy atom. The Morgan fingerprint density at radius 2 is 1.78 bits per heavy atom. The Kier molecular flexibility index (Phi) is 5.54. The van der Waals surface area contributed by atoms with Crippen molar-refractivity contribution in [3.8, 4) is 5.75 Å². The van der Waals surface area contributed by atoms with Crippen LogP contribution in [-0.4, -0.2) is 58.7 Å². The molecule has 0 spiro atoms. The monoisotopic (exact) mass is 334 g/mol. The number of rotatable bonds is 6. The molecule has 124 valence electrons. The number of ether oxygens (including phenoxy) is 1. The number of piperazine rings is 1. The fourth-order valence-corrected chi connectivity index (χ4v) is 2.87. The molecule has 0 radical (unpaired) electrons. The predicted molar refractivity (Wildman–Crippen MR) is 91.9 cm³/mol. The fourth-order valence-electron chi connectivity index (χ4n) is 2.74. The topological polar surface area (TPSA) is 33.5 Å². The van der Waals surface area contributed by atoms with E-state index in [1.165, 1.54) is 0 Å². The van der Waals surface area contributed by atoms with Crippen molar-refractivity contribution in [3.63, 3.8) is 0 Å². The van der Waals surface area contributed by atoms with E-state index in [-0.39, 0.29) is 0 Å². The first kappa shape index (κ1) is 16.3. The van der Waals surface area contributed by atoms with E-state index in [0.29, 0.717) is 6.61 Å². The van der Waals surface area contributed by atoms with Gasteiger partial charge in [0.15, 0.2) is 0 Å². The molecular weight excluding hydrogens is 312 g/mol. The van der Waals surface area contributed by atoms with Crippen molar-refractivity contribution in [3.05, 3.63) is 47.5 Å². The number of benzene rings is 1. The summed E-state index contributed by atoms with van der Waals surface area (Å²) in [7, 11) is 2.05. The van der Waals surface area contributed by atoms with E-state index in [0.717, 1.165) is 55.9 Å². The zero-order valence-electron chi connectivity index (χ0n) is 13.5. The largest absolute Gasteiger partial charge is 0.492 e. The standard InChI is InChI=1S/C17H23ClN4O/c1-20-7-6-19-17(20)14-22-10-8-21(9-11-22)12-13-23-16-4-2-15(18)3-5-16/h2-7H,8-14H2,1H3. The maximum atomic E-state index is 5.87. The van der Waals surface area contributed by atoms with Gasteiger partial charge in [-0.05, 0) is 24.3 Å². The third-order valence-corrected chi connectivity index (χ3v) is 4.49. The van der Waals surface area contributed by atoms with Gasteiger partial charge in [0, 0.05) is 57.2 Å². The number of halogens is 1. The van der Waals surface area contributed by atoms with Crippen molar-refractivity contribution in [2.45, 2.75) is 6.54 Å². The summed E-state index contributed by atoms with van der Waals surface area (Å²) in [6, 6.07) is 7.53. The first-order valence-corrected chi connectivity index (χ1v) is 8.38. The molecule has 2 heterocycles. The van der Waals surface area contributed by atoms with Crippen LogP contribution in [0.4, 0.5) is 0 Å². The molecule has 0 saturated carbocycles. The van der Waals surface area contributed by atoms with Crippen LogP contribution in [0.2, 0.25) is 5.02 Å². The van der Waals surface area contributed by atoms with Crippen molar-refractivity contribution < 1.29 is 4.74 Å². The zero-order valence-corrected chi connectivity index (χ0v) is 14.2. The lowest BCUT2D eigenvalue weighted by atomic mass is 10.3. The van der Waals surface area contributed by atoms with Crippen molar-refractivity contribution in [2.75, 3.05) is 39.3 Å². The molecule has 5 nitrogen and oxygen atoms in total. The molecule has 0 aliphatic carbocycles. The van der Waals surface area contributed by atoms with E-state index >= 15 is 0 Å². The second kappa shape index (κ2) is 7.81. The van der Waals surface area contributed by atoms with Gasteiger partial charge in [0.25, 0.3) is 0 Å². The van der Waals surface area contributed by atoms with Crippen LogP contribution in [0, 0.1) is 0 Å². The molecule has 1 aromatic heterocycles. The lowest BCUT2D eigenvalue weighted by Crippen LogP contribution is -2.47. The minimum Gasteiger partial charge on any atom is -0.492 e. The predicted octanol–water partition coefficient (Wildman–Crippen LogP) is 2.27. The van der Waals surface area contributed by atoms with Gasteiger partial charge in [-0.25, -0.2) is 4.98 Å². The summed E-state index contributed by atoms with van der Waals surface area (Å²) < 4.78 is 7.85. The fraction of sp³-hybridized carbons (Fsp3) is 0.471. The highest BCUT2D eigenvalue weighted by molar-refractivity contribution is 6.30. The molecular formula is C17H23ClN4O. The summed E-state index contributed by atoms with van der Waals surface area (Å²) in [6.07, 6.45) is 3.86. The van der Waals surface area contributed by atoms with Crippen LogP contribution in [-0.2, 0) is 13.6 Å². The summed E-state index contributed by atoms with van der Waals surface area (Å²) in [5, 5.41) is 0.737. The minimum absolute atomic E-state index is 0.709. The maximum absolute atomic E-state index is 5.87. The lowest BCUT2D eigenvalue weighted by molar-refractivity contribution is 0.110. The summed E-state index contributed by atoms with van der Waals surface area (Å²) in [5.41, 5.74) is 0. The molecule has 1 saturated heterocycles. The smallest absolute Gasteiger partial charge is 0.122 e. The van der Waals surface area contributed by atoms with Crippen LogP contribution >= 0.6 is 11.6 Å².